The van der Waals surface area contributed by atoms with Gasteiger partial charge >= 0.3 is 0 Å². The van der Waals surface area contributed by atoms with Crippen molar-refractivity contribution in [2.24, 2.45) is 28.8 Å². The van der Waals surface area contributed by atoms with Gasteiger partial charge in [-0.3, -0.25) is 9.59 Å². The zero-order chi connectivity index (χ0) is 20.0. The summed E-state index contributed by atoms with van der Waals surface area (Å²) in [4.78, 5) is 25.5. The highest BCUT2D eigenvalue weighted by Crippen LogP contribution is 2.52. The number of hydrogen-bond donors (Lipinski definition) is 0. The minimum absolute atomic E-state index is 0.177. The summed E-state index contributed by atoms with van der Waals surface area (Å²) in [6.45, 7) is 0.378. The van der Waals surface area contributed by atoms with Crippen LogP contribution in [-0.2, 0) is 16.2 Å². The molecule has 2 aliphatic carbocycles. The van der Waals surface area contributed by atoms with Crippen molar-refractivity contribution in [3.05, 3.63) is 76.8 Å². The molecule has 0 spiro atoms. The van der Waals surface area contributed by atoms with Crippen molar-refractivity contribution in [2.75, 3.05) is 0 Å². The highest BCUT2D eigenvalue weighted by molar-refractivity contribution is 6.30. The van der Waals surface area contributed by atoms with Crippen LogP contribution in [0.5, 0.6) is 5.75 Å². The Kier molecular flexibility index (Phi) is 4.47. The second-order valence-corrected chi connectivity index (χ2v) is 8.12. The van der Waals surface area contributed by atoms with E-state index in [0.717, 1.165) is 17.0 Å². The molecule has 1 heterocycles. The van der Waals surface area contributed by atoms with Crippen LogP contribution in [0.4, 0.5) is 0 Å². The van der Waals surface area contributed by atoms with Crippen LogP contribution >= 0.6 is 11.6 Å². The third-order valence-electron chi connectivity index (χ3n) is 5.99. The van der Waals surface area contributed by atoms with Gasteiger partial charge in [0.2, 0.25) is 0 Å². The van der Waals surface area contributed by atoms with Gasteiger partial charge in [0.15, 0.2) is 0 Å². The first-order valence-electron chi connectivity index (χ1n) is 9.68. The zero-order valence-electron chi connectivity index (χ0n) is 15.6. The van der Waals surface area contributed by atoms with Crippen molar-refractivity contribution >= 4 is 29.6 Å². The van der Waals surface area contributed by atoms with Crippen LogP contribution in [0, 0.1) is 23.7 Å². The number of fused-ring (bicyclic) bond motifs is 5. The summed E-state index contributed by atoms with van der Waals surface area (Å²) < 4.78 is 5.92. The van der Waals surface area contributed by atoms with Crippen molar-refractivity contribution in [3.8, 4) is 5.75 Å². The number of carbonyl (C=O) groups is 2. The van der Waals surface area contributed by atoms with Gasteiger partial charge in [-0.05, 0) is 48.1 Å². The maximum atomic E-state index is 12.7. The number of imide groups is 1. The van der Waals surface area contributed by atoms with Gasteiger partial charge in [-0.25, -0.2) is 0 Å². The number of carbonyl (C=O) groups excluding carboxylic acids is 2. The average molecular weight is 407 g/mol. The second-order valence-electron chi connectivity index (χ2n) is 7.69. The number of amides is 2. The Labute approximate surface area is 173 Å². The lowest BCUT2D eigenvalue weighted by Gasteiger charge is -2.13. The van der Waals surface area contributed by atoms with Gasteiger partial charge in [-0.15, -0.1) is 0 Å². The lowest BCUT2D eigenvalue weighted by atomic mass is 9.85. The molecular weight excluding hydrogens is 388 g/mol. The van der Waals surface area contributed by atoms with E-state index in [-0.39, 0.29) is 35.5 Å². The molecule has 2 aromatic rings. The van der Waals surface area contributed by atoms with Crippen LogP contribution in [0.3, 0.4) is 0 Å². The average Bonchev–Trinajstić information content (AvgIpc) is 3.41. The fourth-order valence-electron chi connectivity index (χ4n) is 4.58. The molecule has 5 rings (SSSR count). The number of hydrogen-bond acceptors (Lipinski definition) is 4. The van der Waals surface area contributed by atoms with E-state index in [0.29, 0.717) is 22.9 Å². The van der Waals surface area contributed by atoms with Gasteiger partial charge in [0, 0.05) is 10.6 Å². The minimum atomic E-state index is -0.244. The summed E-state index contributed by atoms with van der Waals surface area (Å²) in [5.41, 5.74) is 1.70. The van der Waals surface area contributed by atoms with E-state index in [1.165, 1.54) is 6.21 Å². The third kappa shape index (κ3) is 3.15. The summed E-state index contributed by atoms with van der Waals surface area (Å²) in [5.74, 6) is 0.123. The lowest BCUT2D eigenvalue weighted by Crippen LogP contribution is -2.28. The lowest BCUT2D eigenvalue weighted by molar-refractivity contribution is -0.140. The van der Waals surface area contributed by atoms with Gasteiger partial charge < -0.3 is 4.74 Å². The van der Waals surface area contributed by atoms with Crippen LogP contribution in [0.25, 0.3) is 0 Å². The molecule has 3 aliphatic rings. The first kappa shape index (κ1) is 18.1. The van der Waals surface area contributed by atoms with Crippen LogP contribution < -0.4 is 4.74 Å². The fraction of sp³-hybridized carbons (Fsp3) is 0.261. The molecule has 1 saturated heterocycles. The number of nitrogens with zero attached hydrogens (tertiary/aromatic N) is 2. The molecule has 1 saturated carbocycles. The molecule has 2 amide bonds. The smallest absolute Gasteiger partial charge is 0.254 e. The quantitative estimate of drug-likeness (QED) is 0.427. The first-order chi connectivity index (χ1) is 14.1. The number of benzene rings is 2. The Bertz CT molecular complexity index is 1000. The molecule has 5 nitrogen and oxygen atoms in total. The molecule has 146 valence electrons. The summed E-state index contributed by atoms with van der Waals surface area (Å²) in [5, 5.41) is 5.97. The topological polar surface area (TPSA) is 59.0 Å². The van der Waals surface area contributed by atoms with Crippen molar-refractivity contribution in [1.29, 1.82) is 0 Å². The van der Waals surface area contributed by atoms with Crippen molar-refractivity contribution < 1.29 is 14.3 Å². The molecule has 4 atom stereocenters. The van der Waals surface area contributed by atoms with E-state index < -0.39 is 0 Å². The van der Waals surface area contributed by atoms with Gasteiger partial charge in [-0.1, -0.05) is 48.0 Å². The predicted octanol–water partition coefficient (Wildman–Crippen LogP) is 4.06. The van der Waals surface area contributed by atoms with Gasteiger partial charge in [0.25, 0.3) is 11.8 Å². The van der Waals surface area contributed by atoms with Crippen LogP contribution in [0.2, 0.25) is 5.02 Å². The maximum Gasteiger partial charge on any atom is 0.254 e. The van der Waals surface area contributed by atoms with Gasteiger partial charge in [0.05, 0.1) is 18.1 Å². The Balaban J connectivity index is 1.32. The van der Waals surface area contributed by atoms with Crippen molar-refractivity contribution in [2.45, 2.75) is 13.0 Å². The molecule has 0 aromatic heterocycles. The van der Waals surface area contributed by atoms with E-state index in [1.807, 2.05) is 48.5 Å². The normalized spacial score (nSPS) is 27.3. The van der Waals surface area contributed by atoms with E-state index in [1.54, 1.807) is 0 Å². The number of rotatable bonds is 5. The van der Waals surface area contributed by atoms with Gasteiger partial charge in [0.1, 0.15) is 12.4 Å². The fourth-order valence-corrected chi connectivity index (χ4v) is 4.71. The number of ether oxygens (including phenoxy) is 1. The minimum Gasteiger partial charge on any atom is -0.488 e. The number of halogens is 1. The van der Waals surface area contributed by atoms with E-state index in [4.69, 9.17) is 16.3 Å². The van der Waals surface area contributed by atoms with Crippen molar-refractivity contribution in [1.82, 2.24) is 5.01 Å². The Morgan fingerprint density at radius 1 is 1.00 bits per heavy atom. The van der Waals surface area contributed by atoms with Crippen LogP contribution in [-0.4, -0.2) is 23.0 Å². The summed E-state index contributed by atoms with van der Waals surface area (Å²) in [6.07, 6.45) is 6.59. The van der Waals surface area contributed by atoms with E-state index in [9.17, 15) is 9.59 Å². The Morgan fingerprint density at radius 2 is 1.66 bits per heavy atom. The molecule has 29 heavy (non-hydrogen) atoms. The molecule has 2 aromatic carbocycles. The second kappa shape index (κ2) is 7.16. The van der Waals surface area contributed by atoms with E-state index >= 15 is 0 Å². The first-order valence-corrected chi connectivity index (χ1v) is 10.1. The monoisotopic (exact) mass is 406 g/mol. The van der Waals surface area contributed by atoms with Crippen molar-refractivity contribution in [3.63, 3.8) is 0 Å². The highest BCUT2D eigenvalue weighted by atomic mass is 35.5. The molecule has 6 heteroatoms. The molecule has 2 bridgehead atoms. The van der Waals surface area contributed by atoms with Crippen LogP contribution in [0.15, 0.2) is 65.8 Å². The maximum absolute atomic E-state index is 12.7. The zero-order valence-corrected chi connectivity index (χ0v) is 16.3. The predicted molar refractivity (Wildman–Crippen MR) is 109 cm³/mol. The Hall–Kier alpha value is -2.92. The molecule has 0 radical (unpaired) electrons. The SMILES string of the molecule is O=C1C2C3C=CC(C3)C2C(=O)N1/N=C/c1ccccc1OCc1ccc(Cl)cc1. The molecule has 0 N–H and O–H groups in total. The third-order valence-corrected chi connectivity index (χ3v) is 6.24. The standard InChI is InChI=1S/C23H19ClN2O3/c24-18-9-5-14(6-10-18)13-29-19-4-2-1-3-17(19)12-25-26-22(27)20-15-7-8-16(11-15)21(20)23(26)28/h1-10,12,15-16,20-21H,11,13H2/b25-12+. The number of hydrazone groups is 1. The number of para-hydroxylation sites is 1. The number of allylic oxidation sites excluding steroid dienone is 2. The largest absolute Gasteiger partial charge is 0.488 e. The van der Waals surface area contributed by atoms with E-state index in [2.05, 4.69) is 17.3 Å². The Morgan fingerprint density at radius 3 is 2.34 bits per heavy atom. The molecule has 4 unspecified atom stereocenters. The summed E-state index contributed by atoms with van der Waals surface area (Å²) >= 11 is 5.92. The summed E-state index contributed by atoms with van der Waals surface area (Å²) in [6, 6.07) is 14.9. The summed E-state index contributed by atoms with van der Waals surface area (Å²) in [7, 11) is 0. The molecular formula is C23H19ClN2O3. The highest BCUT2D eigenvalue weighted by Gasteiger charge is 2.59. The molecule has 2 fully saturated rings. The molecule has 1 aliphatic heterocycles. The van der Waals surface area contributed by atoms with Crippen LogP contribution in [0.1, 0.15) is 17.5 Å². The van der Waals surface area contributed by atoms with Gasteiger partial charge in [-0.2, -0.15) is 10.1 Å².